The molecule has 0 aromatic heterocycles. The zero-order valence-electron chi connectivity index (χ0n) is 20.1. The molecule has 192 valence electrons. The molecule has 9 heteroatoms. The molecule has 0 aliphatic rings. The normalized spacial score (nSPS) is 11.6. The number of nitrogens with zero attached hydrogens (tertiary/aromatic N) is 2. The Bertz CT molecular complexity index is 792. The summed E-state index contributed by atoms with van der Waals surface area (Å²) in [5.74, 6) is 1.44. The third-order valence-corrected chi connectivity index (χ3v) is 4.38. The molecule has 0 fully saturated rings. The molecule has 0 spiro atoms. The van der Waals surface area contributed by atoms with Gasteiger partial charge in [-0.2, -0.15) is 0 Å². The van der Waals surface area contributed by atoms with Gasteiger partial charge in [-0.1, -0.05) is 24.3 Å². The van der Waals surface area contributed by atoms with Crippen LogP contribution in [-0.4, -0.2) is 102 Å². The summed E-state index contributed by atoms with van der Waals surface area (Å²) in [7, 11) is 0. The maximum atomic E-state index is 8.63. The molecule has 0 bridgehead atoms. The Kier molecular flexibility index (Phi) is 16.0. The van der Waals surface area contributed by atoms with Gasteiger partial charge < -0.3 is 33.9 Å². The molecule has 0 radical (unpaired) electrons. The highest BCUT2D eigenvalue weighted by atomic mass is 16.5. The average Bonchev–Trinajstić information content (AvgIpc) is 2.87. The summed E-state index contributed by atoms with van der Waals surface area (Å²) in [6, 6.07) is 15.4. The van der Waals surface area contributed by atoms with Crippen molar-refractivity contribution in [3.63, 3.8) is 0 Å². The van der Waals surface area contributed by atoms with Crippen molar-refractivity contribution in [2.45, 2.75) is 0 Å². The van der Waals surface area contributed by atoms with Crippen LogP contribution in [0.1, 0.15) is 11.1 Å². The topological polar surface area (TPSA) is 111 Å². The van der Waals surface area contributed by atoms with Crippen LogP contribution in [0.2, 0.25) is 0 Å². The second-order valence-corrected chi connectivity index (χ2v) is 7.21. The number of aliphatic imine (C=N–C) groups is 2. The van der Waals surface area contributed by atoms with Gasteiger partial charge in [-0.25, -0.2) is 0 Å². The number of aliphatic hydroxyl groups excluding tert-OH is 2. The van der Waals surface area contributed by atoms with E-state index in [1.807, 2.05) is 48.5 Å². The molecule has 9 nitrogen and oxygen atoms in total. The highest BCUT2D eigenvalue weighted by Crippen LogP contribution is 2.22. The van der Waals surface area contributed by atoms with Crippen molar-refractivity contribution in [3.05, 3.63) is 59.7 Å². The largest absolute Gasteiger partial charge is 0.457 e. The van der Waals surface area contributed by atoms with Gasteiger partial charge in [0, 0.05) is 12.4 Å². The molecular weight excluding hydrogens is 452 g/mol. The van der Waals surface area contributed by atoms with E-state index < -0.39 is 0 Å². The van der Waals surface area contributed by atoms with Crippen molar-refractivity contribution >= 4 is 12.4 Å². The summed E-state index contributed by atoms with van der Waals surface area (Å²) in [6.45, 7) is 4.72. The lowest BCUT2D eigenvalue weighted by molar-refractivity contribution is 0.0355. The zero-order chi connectivity index (χ0) is 24.8. The van der Waals surface area contributed by atoms with E-state index >= 15 is 0 Å². The van der Waals surface area contributed by atoms with Crippen molar-refractivity contribution < 1.29 is 33.9 Å². The van der Waals surface area contributed by atoms with Crippen LogP contribution in [0.5, 0.6) is 11.5 Å². The van der Waals surface area contributed by atoms with Gasteiger partial charge in [-0.15, -0.1) is 0 Å². The van der Waals surface area contributed by atoms with Gasteiger partial charge in [0.1, 0.15) is 11.5 Å². The van der Waals surface area contributed by atoms with Crippen LogP contribution in [0.25, 0.3) is 0 Å². The first kappa shape index (κ1) is 28.6. The second kappa shape index (κ2) is 19.6. The minimum absolute atomic E-state index is 0.0214. The van der Waals surface area contributed by atoms with Crippen molar-refractivity contribution in [1.82, 2.24) is 0 Å². The third kappa shape index (κ3) is 14.4. The Morgan fingerprint density at radius 2 is 1.00 bits per heavy atom. The van der Waals surface area contributed by atoms with E-state index in [2.05, 4.69) is 9.98 Å². The van der Waals surface area contributed by atoms with Gasteiger partial charge in [-0.05, 0) is 35.4 Å². The third-order valence-electron chi connectivity index (χ3n) is 4.38. The summed E-state index contributed by atoms with van der Waals surface area (Å²) in [4.78, 5) is 8.76. The molecule has 2 N–H and O–H groups in total. The van der Waals surface area contributed by atoms with Crippen molar-refractivity contribution in [2.75, 3.05) is 79.2 Å². The minimum Gasteiger partial charge on any atom is -0.457 e. The van der Waals surface area contributed by atoms with Crippen molar-refractivity contribution in [3.8, 4) is 11.5 Å². The van der Waals surface area contributed by atoms with Crippen LogP contribution >= 0.6 is 0 Å². The molecule has 2 rings (SSSR count). The molecule has 0 unspecified atom stereocenters. The first-order valence-corrected chi connectivity index (χ1v) is 11.7. The summed E-state index contributed by atoms with van der Waals surface area (Å²) >= 11 is 0. The van der Waals surface area contributed by atoms with E-state index in [0.717, 1.165) is 22.6 Å². The standard InChI is InChI=1S/C26H36N2O7/c29-9-13-33-17-15-31-11-7-27-21-23-3-1-5-25(19-23)35-26-6-2-4-24(20-26)22-28-8-12-32-16-18-34-14-10-30/h1-6,19-22,29-30H,7-18H2/b27-21+,28-22+. The van der Waals surface area contributed by atoms with E-state index in [1.165, 1.54) is 0 Å². The predicted octanol–water partition coefficient (Wildman–Crippen LogP) is 2.37. The monoisotopic (exact) mass is 488 g/mol. The van der Waals surface area contributed by atoms with Crippen molar-refractivity contribution in [2.24, 2.45) is 9.98 Å². The number of aliphatic hydroxyl groups is 2. The molecule has 0 aliphatic heterocycles. The summed E-state index contributed by atoms with van der Waals surface area (Å²) in [6.07, 6.45) is 3.59. The number of hydrogen-bond donors (Lipinski definition) is 2. The quantitative estimate of drug-likeness (QED) is 0.217. The van der Waals surface area contributed by atoms with E-state index in [4.69, 9.17) is 33.9 Å². The van der Waals surface area contributed by atoms with Crippen molar-refractivity contribution in [1.29, 1.82) is 0 Å². The summed E-state index contributed by atoms with van der Waals surface area (Å²) in [5, 5.41) is 17.3. The van der Waals surface area contributed by atoms with Gasteiger partial charge in [0.2, 0.25) is 0 Å². The first-order valence-electron chi connectivity index (χ1n) is 11.7. The molecule has 0 amide bonds. The molecule has 0 saturated carbocycles. The SMILES string of the molecule is OCCOCCOCC/N=C/c1cccc(Oc2cccc(/C=N/CCOCCOCCO)c2)c1. The van der Waals surface area contributed by atoms with Gasteiger partial charge in [-0.3, -0.25) is 9.98 Å². The average molecular weight is 489 g/mol. The maximum absolute atomic E-state index is 8.63. The number of rotatable bonds is 20. The summed E-state index contributed by atoms with van der Waals surface area (Å²) < 4.78 is 27.1. The number of hydrogen-bond acceptors (Lipinski definition) is 9. The first-order chi connectivity index (χ1) is 17.3. The maximum Gasteiger partial charge on any atom is 0.128 e. The van der Waals surface area contributed by atoms with Gasteiger partial charge in [0.05, 0.1) is 79.2 Å². The Morgan fingerprint density at radius 3 is 1.43 bits per heavy atom. The highest BCUT2D eigenvalue weighted by Gasteiger charge is 2.00. The lowest BCUT2D eigenvalue weighted by atomic mass is 10.2. The van der Waals surface area contributed by atoms with Crippen LogP contribution in [-0.2, 0) is 18.9 Å². The number of ether oxygens (including phenoxy) is 5. The fourth-order valence-corrected chi connectivity index (χ4v) is 2.80. The zero-order valence-corrected chi connectivity index (χ0v) is 20.1. The molecule has 2 aromatic rings. The van der Waals surface area contributed by atoms with E-state index in [-0.39, 0.29) is 13.2 Å². The van der Waals surface area contributed by atoms with Gasteiger partial charge >= 0.3 is 0 Å². The second-order valence-electron chi connectivity index (χ2n) is 7.21. The molecule has 0 aliphatic carbocycles. The van der Waals surface area contributed by atoms with Gasteiger partial charge in [0.15, 0.2) is 0 Å². The summed E-state index contributed by atoms with van der Waals surface area (Å²) in [5.41, 5.74) is 1.88. The fraction of sp³-hybridized carbons (Fsp3) is 0.462. The van der Waals surface area contributed by atoms with Gasteiger partial charge in [0.25, 0.3) is 0 Å². The van der Waals surface area contributed by atoms with E-state index in [9.17, 15) is 0 Å². The molecule has 35 heavy (non-hydrogen) atoms. The molecule has 0 saturated heterocycles. The predicted molar refractivity (Wildman–Crippen MR) is 135 cm³/mol. The molecule has 2 aromatic carbocycles. The lowest BCUT2D eigenvalue weighted by Crippen LogP contribution is -2.09. The van der Waals surface area contributed by atoms with Crippen LogP contribution < -0.4 is 4.74 Å². The highest BCUT2D eigenvalue weighted by molar-refractivity contribution is 5.81. The Hall–Kier alpha value is -2.66. The Balaban J connectivity index is 1.71. The smallest absolute Gasteiger partial charge is 0.128 e. The molecule has 0 heterocycles. The minimum atomic E-state index is 0.0214. The fourth-order valence-electron chi connectivity index (χ4n) is 2.80. The van der Waals surface area contributed by atoms with E-state index in [1.54, 1.807) is 12.4 Å². The van der Waals surface area contributed by atoms with Crippen LogP contribution in [0.15, 0.2) is 58.5 Å². The Morgan fingerprint density at radius 1 is 0.571 bits per heavy atom. The molecule has 0 atom stereocenters. The Labute approximate surface area is 207 Å². The number of benzene rings is 2. The lowest BCUT2D eigenvalue weighted by Gasteiger charge is -2.07. The van der Waals surface area contributed by atoms with Crippen LogP contribution in [0.3, 0.4) is 0 Å². The van der Waals surface area contributed by atoms with E-state index in [0.29, 0.717) is 65.9 Å². The van der Waals surface area contributed by atoms with Crippen LogP contribution in [0, 0.1) is 0 Å². The molecular formula is C26H36N2O7. The van der Waals surface area contributed by atoms with Crippen LogP contribution in [0.4, 0.5) is 0 Å².